The third kappa shape index (κ3) is 2.68. The van der Waals surface area contributed by atoms with Gasteiger partial charge >= 0.3 is 0 Å². The fraction of sp³-hybridized carbons (Fsp3) is 0.423. The van der Waals surface area contributed by atoms with Gasteiger partial charge in [0.1, 0.15) is 5.76 Å². The number of hydrazine groups is 1. The van der Waals surface area contributed by atoms with E-state index in [2.05, 4.69) is 34.2 Å². The summed E-state index contributed by atoms with van der Waals surface area (Å²) < 4.78 is 0. The van der Waals surface area contributed by atoms with Crippen LogP contribution in [-0.2, 0) is 4.79 Å². The maximum atomic E-state index is 13.2. The predicted molar refractivity (Wildman–Crippen MR) is 123 cm³/mol. The third-order valence-corrected chi connectivity index (χ3v) is 8.03. The number of hydrogen-bond acceptors (Lipinski definition) is 4. The van der Waals surface area contributed by atoms with Crippen molar-refractivity contribution in [1.29, 1.82) is 0 Å². The minimum atomic E-state index is -0.201. The van der Waals surface area contributed by atoms with Crippen molar-refractivity contribution < 1.29 is 9.90 Å². The molecule has 1 amide bonds. The van der Waals surface area contributed by atoms with E-state index in [0.29, 0.717) is 5.76 Å². The van der Waals surface area contributed by atoms with E-state index in [4.69, 9.17) is 0 Å². The van der Waals surface area contributed by atoms with Crippen LogP contribution in [-0.4, -0.2) is 16.0 Å². The zero-order valence-electron chi connectivity index (χ0n) is 18.6. The molecular formula is C26H30N4O2. The Labute approximate surface area is 188 Å². The largest absolute Gasteiger partial charge is 0.508 e. The highest BCUT2D eigenvalue weighted by atomic mass is 16.3. The van der Waals surface area contributed by atoms with E-state index in [1.165, 1.54) is 11.1 Å². The number of rotatable bonds is 3. The van der Waals surface area contributed by atoms with Gasteiger partial charge in [0.05, 0.1) is 17.7 Å². The third-order valence-electron chi connectivity index (χ3n) is 8.03. The number of allylic oxidation sites excluding steroid dienone is 8. The first kappa shape index (κ1) is 19.5. The van der Waals surface area contributed by atoms with Gasteiger partial charge in [-0.1, -0.05) is 11.6 Å². The summed E-state index contributed by atoms with van der Waals surface area (Å²) in [4.78, 5) is 16.4. The molecule has 1 aromatic heterocycles. The van der Waals surface area contributed by atoms with E-state index in [1.807, 2.05) is 31.3 Å². The summed E-state index contributed by atoms with van der Waals surface area (Å²) in [5, 5.41) is 14.1. The van der Waals surface area contributed by atoms with Crippen LogP contribution in [0.25, 0.3) is 0 Å². The minimum Gasteiger partial charge on any atom is -0.508 e. The zero-order valence-corrected chi connectivity index (χ0v) is 18.6. The highest BCUT2D eigenvalue weighted by Crippen LogP contribution is 2.55. The molecule has 0 saturated heterocycles. The second-order valence-electron chi connectivity index (χ2n) is 9.90. The number of aliphatic hydroxyl groups excluding tert-OH is 1. The molecule has 3 atom stereocenters. The van der Waals surface area contributed by atoms with Crippen LogP contribution in [0.4, 0.5) is 0 Å². The zero-order chi connectivity index (χ0) is 22.0. The summed E-state index contributed by atoms with van der Waals surface area (Å²) in [6.45, 7) is 4.24. The minimum absolute atomic E-state index is 0.0570. The Morgan fingerprint density at radius 1 is 1.34 bits per heavy atom. The first-order valence-electron chi connectivity index (χ1n) is 11.8. The average Bonchev–Trinajstić information content (AvgIpc) is 3.50. The summed E-state index contributed by atoms with van der Waals surface area (Å²) in [6, 6.07) is 3.89. The van der Waals surface area contributed by atoms with Crippen molar-refractivity contribution in [2.45, 2.75) is 58.4 Å². The van der Waals surface area contributed by atoms with Gasteiger partial charge in [-0.25, -0.2) is 0 Å². The molecule has 0 spiro atoms. The summed E-state index contributed by atoms with van der Waals surface area (Å²) in [5.41, 5.74) is 15.8. The number of fused-ring (bicyclic) bond motifs is 4. The van der Waals surface area contributed by atoms with Crippen molar-refractivity contribution in [3.05, 3.63) is 81.2 Å². The summed E-state index contributed by atoms with van der Waals surface area (Å²) in [7, 11) is 0. The quantitative estimate of drug-likeness (QED) is 0.489. The monoisotopic (exact) mass is 430 g/mol. The van der Waals surface area contributed by atoms with Gasteiger partial charge in [-0.05, 0) is 81.7 Å². The molecule has 3 unspecified atom stereocenters. The molecular weight excluding hydrogens is 400 g/mol. The molecule has 0 aromatic carbocycles. The Kier molecular flexibility index (Phi) is 4.23. The van der Waals surface area contributed by atoms with E-state index in [0.717, 1.165) is 72.3 Å². The SMILES string of the molecule is CC(NC(=O)C1CCC2=C1C1=C(C2)C2=C(NN1)C1(C)CCCC=C1C(O)=C2)c1ccc[nH]1. The van der Waals surface area contributed by atoms with Crippen molar-refractivity contribution >= 4 is 5.91 Å². The number of H-pyrrole nitrogens is 1. The molecule has 6 rings (SSSR count). The maximum Gasteiger partial charge on any atom is 0.228 e. The van der Waals surface area contributed by atoms with E-state index < -0.39 is 0 Å². The van der Waals surface area contributed by atoms with Crippen LogP contribution in [0.3, 0.4) is 0 Å². The van der Waals surface area contributed by atoms with Gasteiger partial charge in [0, 0.05) is 34.1 Å². The summed E-state index contributed by atoms with van der Waals surface area (Å²) in [6.07, 6.45) is 11.8. The van der Waals surface area contributed by atoms with E-state index >= 15 is 0 Å². The molecule has 1 aromatic rings. The van der Waals surface area contributed by atoms with E-state index in [-0.39, 0.29) is 23.3 Å². The molecule has 0 radical (unpaired) electrons. The van der Waals surface area contributed by atoms with Gasteiger partial charge in [0.2, 0.25) is 5.91 Å². The van der Waals surface area contributed by atoms with Crippen LogP contribution in [0.1, 0.15) is 64.1 Å². The lowest BCUT2D eigenvalue weighted by molar-refractivity contribution is -0.124. The molecule has 0 fully saturated rings. The highest BCUT2D eigenvalue weighted by molar-refractivity contribution is 5.85. The first-order chi connectivity index (χ1) is 15.5. The van der Waals surface area contributed by atoms with Gasteiger partial charge < -0.3 is 26.3 Å². The molecule has 0 saturated carbocycles. The molecule has 4 aliphatic carbocycles. The van der Waals surface area contributed by atoms with Crippen molar-refractivity contribution in [2.75, 3.05) is 0 Å². The summed E-state index contributed by atoms with van der Waals surface area (Å²) in [5.74, 6) is 0.329. The Balaban J connectivity index is 1.32. The molecule has 0 bridgehead atoms. The van der Waals surface area contributed by atoms with Crippen molar-refractivity contribution in [1.82, 2.24) is 21.2 Å². The number of carbonyl (C=O) groups excluding carboxylic acids is 1. The van der Waals surface area contributed by atoms with Crippen LogP contribution in [0.15, 0.2) is 75.5 Å². The smallest absolute Gasteiger partial charge is 0.228 e. The Bertz CT molecular complexity index is 1160. The lowest BCUT2D eigenvalue weighted by Crippen LogP contribution is -2.46. The van der Waals surface area contributed by atoms with Crippen LogP contribution in [0, 0.1) is 11.3 Å². The second-order valence-corrected chi connectivity index (χ2v) is 9.90. The number of amides is 1. The Hall–Kier alpha value is -3.15. The maximum absolute atomic E-state index is 13.2. The van der Waals surface area contributed by atoms with Gasteiger partial charge in [-0.2, -0.15) is 0 Å². The molecule has 5 N–H and O–H groups in total. The average molecular weight is 431 g/mol. The van der Waals surface area contributed by atoms with Crippen molar-refractivity contribution in [2.24, 2.45) is 11.3 Å². The molecule has 6 heteroatoms. The fourth-order valence-electron chi connectivity index (χ4n) is 6.34. The number of hydrogen-bond donors (Lipinski definition) is 5. The summed E-state index contributed by atoms with van der Waals surface area (Å²) >= 11 is 0. The Morgan fingerprint density at radius 3 is 3.03 bits per heavy atom. The van der Waals surface area contributed by atoms with Crippen LogP contribution < -0.4 is 16.2 Å². The van der Waals surface area contributed by atoms with Gasteiger partial charge in [0.15, 0.2) is 0 Å². The molecule has 6 nitrogen and oxygen atoms in total. The number of nitrogens with one attached hydrogen (secondary N) is 4. The normalized spacial score (nSPS) is 29.2. The molecule has 5 aliphatic rings. The van der Waals surface area contributed by atoms with Gasteiger partial charge in [-0.3, -0.25) is 4.79 Å². The lowest BCUT2D eigenvalue weighted by Gasteiger charge is -2.43. The first-order valence-corrected chi connectivity index (χ1v) is 11.8. The lowest BCUT2D eigenvalue weighted by atomic mass is 9.66. The molecule has 1 aliphatic heterocycles. The van der Waals surface area contributed by atoms with Gasteiger partial charge in [0.25, 0.3) is 0 Å². The number of aliphatic hydroxyl groups is 1. The number of aromatic nitrogens is 1. The predicted octanol–water partition coefficient (Wildman–Crippen LogP) is 4.49. The topological polar surface area (TPSA) is 89.2 Å². The van der Waals surface area contributed by atoms with Crippen LogP contribution in [0.2, 0.25) is 0 Å². The van der Waals surface area contributed by atoms with Crippen LogP contribution >= 0.6 is 0 Å². The number of carbonyl (C=O) groups is 1. The number of aromatic amines is 1. The Morgan fingerprint density at radius 2 is 2.22 bits per heavy atom. The highest BCUT2D eigenvalue weighted by Gasteiger charge is 2.46. The fourth-order valence-corrected chi connectivity index (χ4v) is 6.34. The van der Waals surface area contributed by atoms with Crippen LogP contribution in [0.5, 0.6) is 0 Å². The standard InChI is InChI=1S/C26H30N4O2/c1-14(20-7-5-11-27-20)28-25(32)16-9-8-15-12-17-18-13-21(31)19-6-3-4-10-26(19,2)24(18)30-29-23(17)22(15)16/h5-7,11,13-14,16,27,29-31H,3-4,8-10,12H2,1-2H3,(H,28,32). The van der Waals surface area contributed by atoms with Crippen molar-refractivity contribution in [3.63, 3.8) is 0 Å². The molecule has 32 heavy (non-hydrogen) atoms. The second kappa shape index (κ2) is 6.92. The van der Waals surface area contributed by atoms with E-state index in [1.54, 1.807) is 0 Å². The molecule has 2 heterocycles. The van der Waals surface area contributed by atoms with Gasteiger partial charge in [-0.15, -0.1) is 0 Å². The van der Waals surface area contributed by atoms with Crippen molar-refractivity contribution in [3.8, 4) is 0 Å². The van der Waals surface area contributed by atoms with E-state index in [9.17, 15) is 9.90 Å². The molecule has 166 valence electrons.